The van der Waals surface area contributed by atoms with Gasteiger partial charge in [-0.2, -0.15) is 0 Å². The van der Waals surface area contributed by atoms with Crippen molar-refractivity contribution in [2.75, 3.05) is 26.2 Å². The first-order valence-corrected chi connectivity index (χ1v) is 8.55. The maximum atomic E-state index is 12.1. The topological polar surface area (TPSA) is 44.4 Å². The van der Waals surface area contributed by atoms with Crippen molar-refractivity contribution in [1.29, 1.82) is 0 Å². The van der Waals surface area contributed by atoms with Crippen molar-refractivity contribution < 1.29 is 4.79 Å². The average molecular weight is 279 g/mol. The van der Waals surface area contributed by atoms with E-state index in [2.05, 4.69) is 15.5 Å². The van der Waals surface area contributed by atoms with Gasteiger partial charge in [-0.3, -0.25) is 9.69 Å². The number of nitrogens with zero attached hydrogens (tertiary/aromatic N) is 1. The molecule has 1 saturated heterocycles. The van der Waals surface area contributed by atoms with Crippen LogP contribution >= 0.6 is 0 Å². The summed E-state index contributed by atoms with van der Waals surface area (Å²) in [7, 11) is 0. The van der Waals surface area contributed by atoms with Gasteiger partial charge in [-0.25, -0.2) is 0 Å². The van der Waals surface area contributed by atoms with Crippen LogP contribution in [0.25, 0.3) is 0 Å². The summed E-state index contributed by atoms with van der Waals surface area (Å²) >= 11 is 0. The predicted octanol–water partition coefficient (Wildman–Crippen LogP) is 1.51. The minimum atomic E-state index is 0.243. The van der Waals surface area contributed by atoms with E-state index in [1.165, 1.54) is 51.4 Å². The summed E-state index contributed by atoms with van der Waals surface area (Å²) in [6.45, 7) is 3.94. The molecule has 1 unspecified atom stereocenters. The standard InChI is InChI=1S/C16H29N3O/c20-16(18-15-5-1-2-6-15)12-19-9-3-4-13(11-19)10-17-14-7-8-14/h13-15,17H,1-12H2,(H,18,20). The second-order valence-electron chi connectivity index (χ2n) is 6.97. The molecule has 0 aromatic rings. The number of hydrogen-bond acceptors (Lipinski definition) is 3. The van der Waals surface area contributed by atoms with Crippen LogP contribution in [0.4, 0.5) is 0 Å². The van der Waals surface area contributed by atoms with Gasteiger partial charge in [0.25, 0.3) is 0 Å². The van der Waals surface area contributed by atoms with Crippen molar-refractivity contribution >= 4 is 5.91 Å². The summed E-state index contributed by atoms with van der Waals surface area (Å²) in [6, 6.07) is 1.26. The van der Waals surface area contributed by atoms with Gasteiger partial charge in [0.15, 0.2) is 0 Å². The van der Waals surface area contributed by atoms with Crippen molar-refractivity contribution in [3.05, 3.63) is 0 Å². The first-order chi connectivity index (χ1) is 9.79. The molecule has 4 nitrogen and oxygen atoms in total. The maximum absolute atomic E-state index is 12.1. The Hall–Kier alpha value is -0.610. The number of amides is 1. The molecule has 2 aliphatic carbocycles. The van der Waals surface area contributed by atoms with E-state index >= 15 is 0 Å². The van der Waals surface area contributed by atoms with Gasteiger partial charge in [-0.05, 0) is 57.5 Å². The number of carbonyl (C=O) groups excluding carboxylic acids is 1. The van der Waals surface area contributed by atoms with Gasteiger partial charge in [-0.1, -0.05) is 12.8 Å². The molecule has 4 heteroatoms. The lowest BCUT2D eigenvalue weighted by molar-refractivity contribution is -0.123. The van der Waals surface area contributed by atoms with Gasteiger partial charge in [0.2, 0.25) is 5.91 Å². The van der Waals surface area contributed by atoms with Crippen molar-refractivity contribution in [2.24, 2.45) is 5.92 Å². The lowest BCUT2D eigenvalue weighted by Gasteiger charge is -2.32. The lowest BCUT2D eigenvalue weighted by Crippen LogP contribution is -2.46. The molecule has 2 N–H and O–H groups in total. The van der Waals surface area contributed by atoms with Crippen LogP contribution in [0, 0.1) is 5.92 Å². The van der Waals surface area contributed by atoms with Crippen LogP contribution in [0.2, 0.25) is 0 Å². The normalized spacial score (nSPS) is 28.7. The quantitative estimate of drug-likeness (QED) is 0.774. The molecule has 1 amide bonds. The number of piperidine rings is 1. The molecule has 2 saturated carbocycles. The lowest BCUT2D eigenvalue weighted by atomic mass is 9.98. The first-order valence-electron chi connectivity index (χ1n) is 8.55. The van der Waals surface area contributed by atoms with Crippen molar-refractivity contribution in [2.45, 2.75) is 63.5 Å². The van der Waals surface area contributed by atoms with Crippen LogP contribution in [0.1, 0.15) is 51.4 Å². The van der Waals surface area contributed by atoms with Crippen LogP contribution in [-0.4, -0.2) is 49.1 Å². The number of likely N-dealkylation sites (tertiary alicyclic amines) is 1. The van der Waals surface area contributed by atoms with Gasteiger partial charge >= 0.3 is 0 Å². The molecule has 114 valence electrons. The highest BCUT2D eigenvalue weighted by Crippen LogP contribution is 2.21. The van der Waals surface area contributed by atoms with Crippen molar-refractivity contribution in [3.63, 3.8) is 0 Å². The highest BCUT2D eigenvalue weighted by molar-refractivity contribution is 5.78. The van der Waals surface area contributed by atoms with Crippen molar-refractivity contribution in [3.8, 4) is 0 Å². The third-order valence-electron chi connectivity index (χ3n) is 4.96. The van der Waals surface area contributed by atoms with Crippen LogP contribution < -0.4 is 10.6 Å². The minimum Gasteiger partial charge on any atom is -0.352 e. The monoisotopic (exact) mass is 279 g/mol. The molecule has 1 aliphatic heterocycles. The highest BCUT2D eigenvalue weighted by Gasteiger charge is 2.26. The molecular weight excluding hydrogens is 250 g/mol. The highest BCUT2D eigenvalue weighted by atomic mass is 16.2. The Morgan fingerprint density at radius 3 is 2.55 bits per heavy atom. The maximum Gasteiger partial charge on any atom is 0.234 e. The van der Waals surface area contributed by atoms with Gasteiger partial charge < -0.3 is 10.6 Å². The van der Waals surface area contributed by atoms with E-state index < -0.39 is 0 Å². The van der Waals surface area contributed by atoms with Gasteiger partial charge in [0, 0.05) is 18.6 Å². The summed E-state index contributed by atoms with van der Waals surface area (Å²) in [6.07, 6.45) is 10.2. The number of nitrogens with one attached hydrogen (secondary N) is 2. The molecule has 0 aromatic heterocycles. The molecule has 1 atom stereocenters. The molecule has 3 fully saturated rings. The fraction of sp³-hybridized carbons (Fsp3) is 0.938. The largest absolute Gasteiger partial charge is 0.352 e. The zero-order chi connectivity index (χ0) is 13.8. The van der Waals surface area contributed by atoms with Crippen LogP contribution in [0.5, 0.6) is 0 Å². The first kappa shape index (κ1) is 14.3. The second-order valence-corrected chi connectivity index (χ2v) is 6.97. The van der Waals surface area contributed by atoms with E-state index in [1.807, 2.05) is 0 Å². The summed E-state index contributed by atoms with van der Waals surface area (Å²) < 4.78 is 0. The van der Waals surface area contributed by atoms with E-state index in [9.17, 15) is 4.79 Å². The molecule has 20 heavy (non-hydrogen) atoms. The third-order valence-corrected chi connectivity index (χ3v) is 4.96. The van der Waals surface area contributed by atoms with E-state index in [-0.39, 0.29) is 5.91 Å². The van der Waals surface area contributed by atoms with Crippen LogP contribution in [0.3, 0.4) is 0 Å². The molecule has 3 aliphatic rings. The Morgan fingerprint density at radius 2 is 1.80 bits per heavy atom. The minimum absolute atomic E-state index is 0.243. The summed E-state index contributed by atoms with van der Waals surface area (Å²) in [5.74, 6) is 0.983. The summed E-state index contributed by atoms with van der Waals surface area (Å²) in [5, 5.41) is 6.84. The fourth-order valence-corrected chi connectivity index (χ4v) is 3.63. The van der Waals surface area contributed by atoms with Crippen LogP contribution in [0.15, 0.2) is 0 Å². The Kier molecular flexibility index (Phi) is 4.94. The molecule has 0 spiro atoms. The van der Waals surface area contributed by atoms with Gasteiger partial charge in [0.1, 0.15) is 0 Å². The predicted molar refractivity (Wildman–Crippen MR) is 80.6 cm³/mol. The molecule has 3 rings (SSSR count). The van der Waals surface area contributed by atoms with E-state index in [0.29, 0.717) is 12.6 Å². The summed E-state index contributed by atoms with van der Waals surface area (Å²) in [5.41, 5.74) is 0. The van der Waals surface area contributed by atoms with Crippen LogP contribution in [-0.2, 0) is 4.79 Å². The second kappa shape index (κ2) is 6.90. The van der Waals surface area contributed by atoms with Gasteiger partial charge in [0.05, 0.1) is 6.54 Å². The average Bonchev–Trinajstić information content (AvgIpc) is 3.14. The van der Waals surface area contributed by atoms with E-state index in [4.69, 9.17) is 0 Å². The Bertz CT molecular complexity index is 324. The molecular formula is C16H29N3O. The molecule has 0 aromatic carbocycles. The number of rotatable bonds is 6. The zero-order valence-corrected chi connectivity index (χ0v) is 12.6. The smallest absolute Gasteiger partial charge is 0.234 e. The molecule has 1 heterocycles. The SMILES string of the molecule is O=C(CN1CCCC(CNC2CC2)C1)NC1CCCC1. The Morgan fingerprint density at radius 1 is 1.00 bits per heavy atom. The van der Waals surface area contributed by atoms with E-state index in [0.717, 1.165) is 31.6 Å². The fourth-order valence-electron chi connectivity index (χ4n) is 3.63. The summed E-state index contributed by atoms with van der Waals surface area (Å²) in [4.78, 5) is 14.4. The number of carbonyl (C=O) groups is 1. The zero-order valence-electron chi connectivity index (χ0n) is 12.6. The molecule has 0 bridgehead atoms. The van der Waals surface area contributed by atoms with E-state index in [1.54, 1.807) is 0 Å². The Balaban J connectivity index is 1.36. The Labute approximate surface area is 122 Å². The number of hydrogen-bond donors (Lipinski definition) is 2. The third kappa shape index (κ3) is 4.45. The van der Waals surface area contributed by atoms with Crippen molar-refractivity contribution in [1.82, 2.24) is 15.5 Å². The molecule has 0 radical (unpaired) electrons. The van der Waals surface area contributed by atoms with Gasteiger partial charge in [-0.15, -0.1) is 0 Å².